The number of halogens is 2. The molecule has 0 aliphatic heterocycles. The lowest BCUT2D eigenvalue weighted by Crippen LogP contribution is -1.80. The van der Waals surface area contributed by atoms with Crippen LogP contribution in [0.1, 0.15) is 11.1 Å². The van der Waals surface area contributed by atoms with Crippen LogP contribution in [0, 0.1) is 0 Å². The van der Waals surface area contributed by atoms with Crippen LogP contribution in [-0.2, 0) is 0 Å². The van der Waals surface area contributed by atoms with E-state index in [1.807, 2.05) is 24.3 Å². The Morgan fingerprint density at radius 2 is 1.45 bits per heavy atom. The molecule has 3 aromatic rings. The van der Waals surface area contributed by atoms with Gasteiger partial charge in [0.25, 0.3) is 0 Å². The van der Waals surface area contributed by atoms with E-state index in [-0.39, 0.29) is 0 Å². The van der Waals surface area contributed by atoms with E-state index in [1.165, 1.54) is 16.3 Å². The summed E-state index contributed by atoms with van der Waals surface area (Å²) in [6.07, 6.45) is 4.24. The van der Waals surface area contributed by atoms with Crippen LogP contribution >= 0.6 is 27.5 Å². The summed E-state index contributed by atoms with van der Waals surface area (Å²) < 4.78 is 1.12. The fraction of sp³-hybridized carbons (Fsp3) is 0. The van der Waals surface area contributed by atoms with Crippen molar-refractivity contribution in [2.45, 2.75) is 0 Å². The van der Waals surface area contributed by atoms with Gasteiger partial charge in [0, 0.05) is 9.50 Å². The Morgan fingerprint density at radius 3 is 2.20 bits per heavy atom. The molecule has 0 aliphatic carbocycles. The second kappa shape index (κ2) is 5.82. The van der Waals surface area contributed by atoms with Crippen molar-refractivity contribution in [1.82, 2.24) is 0 Å². The number of benzene rings is 3. The number of hydrogen-bond acceptors (Lipinski definition) is 0. The minimum Gasteiger partial charge on any atom is -0.0843 e. The van der Waals surface area contributed by atoms with Crippen LogP contribution in [-0.4, -0.2) is 0 Å². The van der Waals surface area contributed by atoms with E-state index in [0.717, 1.165) is 15.1 Å². The molecule has 0 N–H and O–H groups in total. The Morgan fingerprint density at radius 1 is 0.750 bits per heavy atom. The molecular weight excluding hydrogens is 332 g/mol. The van der Waals surface area contributed by atoms with Crippen molar-refractivity contribution >= 4 is 50.5 Å². The molecule has 0 radical (unpaired) electrons. The predicted molar refractivity (Wildman–Crippen MR) is 92.0 cm³/mol. The summed E-state index contributed by atoms with van der Waals surface area (Å²) in [6, 6.07) is 20.4. The largest absolute Gasteiger partial charge is 0.0843 e. The van der Waals surface area contributed by atoms with Gasteiger partial charge >= 0.3 is 0 Å². The van der Waals surface area contributed by atoms with Gasteiger partial charge in [0.2, 0.25) is 0 Å². The molecular formula is C18H12BrCl. The first-order valence-electron chi connectivity index (χ1n) is 6.35. The maximum atomic E-state index is 5.90. The molecule has 0 saturated carbocycles. The molecule has 0 aliphatic rings. The van der Waals surface area contributed by atoms with Crippen molar-refractivity contribution in [2.75, 3.05) is 0 Å². The van der Waals surface area contributed by atoms with E-state index in [0.29, 0.717) is 0 Å². The number of hydrogen-bond donors (Lipinski definition) is 0. The maximum Gasteiger partial charge on any atom is 0.0406 e. The summed E-state index contributed by atoms with van der Waals surface area (Å²) >= 11 is 9.49. The third kappa shape index (κ3) is 2.79. The molecule has 0 bridgehead atoms. The lowest BCUT2D eigenvalue weighted by molar-refractivity contribution is 1.65. The van der Waals surface area contributed by atoms with Crippen LogP contribution < -0.4 is 0 Å². The minimum absolute atomic E-state index is 0.760. The van der Waals surface area contributed by atoms with Crippen molar-refractivity contribution in [2.24, 2.45) is 0 Å². The average Bonchev–Trinajstić information content (AvgIpc) is 2.49. The second-order valence-corrected chi connectivity index (χ2v) is 5.86. The molecule has 0 heterocycles. The van der Waals surface area contributed by atoms with Gasteiger partial charge in [0.05, 0.1) is 0 Å². The number of fused-ring (bicyclic) bond motifs is 1. The second-order valence-electron chi connectivity index (χ2n) is 4.57. The lowest BCUT2D eigenvalue weighted by Gasteiger charge is -2.04. The van der Waals surface area contributed by atoms with Crippen molar-refractivity contribution in [1.29, 1.82) is 0 Å². The molecule has 0 unspecified atom stereocenters. The molecule has 0 atom stereocenters. The molecule has 0 nitrogen and oxygen atoms in total. The van der Waals surface area contributed by atoms with E-state index >= 15 is 0 Å². The third-order valence-electron chi connectivity index (χ3n) is 3.23. The molecule has 2 heteroatoms. The highest BCUT2D eigenvalue weighted by molar-refractivity contribution is 9.10. The first-order chi connectivity index (χ1) is 9.74. The van der Waals surface area contributed by atoms with Gasteiger partial charge < -0.3 is 0 Å². The summed E-state index contributed by atoms with van der Waals surface area (Å²) in [5.74, 6) is 0. The smallest absolute Gasteiger partial charge is 0.0406 e. The molecule has 0 spiro atoms. The highest BCUT2D eigenvalue weighted by Gasteiger charge is 2.01. The van der Waals surface area contributed by atoms with Gasteiger partial charge in [0.1, 0.15) is 0 Å². The molecule has 3 rings (SSSR count). The van der Waals surface area contributed by atoms with Crippen molar-refractivity contribution < 1.29 is 0 Å². The Bertz CT molecular complexity index is 773. The predicted octanol–water partition coefficient (Wildman–Crippen LogP) is 6.43. The summed E-state index contributed by atoms with van der Waals surface area (Å²) in [6.45, 7) is 0. The van der Waals surface area contributed by atoms with Crippen molar-refractivity contribution in [3.05, 3.63) is 81.3 Å². The zero-order chi connectivity index (χ0) is 13.9. The molecule has 0 amide bonds. The molecule has 0 aromatic heterocycles. The van der Waals surface area contributed by atoms with Crippen LogP contribution in [0.25, 0.3) is 22.9 Å². The monoisotopic (exact) mass is 342 g/mol. The van der Waals surface area contributed by atoms with E-state index in [4.69, 9.17) is 11.6 Å². The molecule has 0 fully saturated rings. The number of rotatable bonds is 2. The zero-order valence-corrected chi connectivity index (χ0v) is 13.0. The highest BCUT2D eigenvalue weighted by Crippen LogP contribution is 2.28. The quantitative estimate of drug-likeness (QED) is 0.471. The SMILES string of the molecule is Clc1ccc(C=Cc2ccc(Br)c3ccccc23)cc1. The van der Waals surface area contributed by atoms with Gasteiger partial charge in [-0.25, -0.2) is 0 Å². The zero-order valence-electron chi connectivity index (χ0n) is 10.7. The Kier molecular flexibility index (Phi) is 3.90. The Hall–Kier alpha value is -1.57. The topological polar surface area (TPSA) is 0 Å². The van der Waals surface area contributed by atoms with Gasteiger partial charge in [-0.05, 0) is 40.1 Å². The standard InChI is InChI=1S/C18H12BrCl/c19-18-12-9-14(16-3-1-2-4-17(16)18)8-5-13-6-10-15(20)11-7-13/h1-12H. The van der Waals surface area contributed by atoms with Gasteiger partial charge in [-0.15, -0.1) is 0 Å². The van der Waals surface area contributed by atoms with Gasteiger partial charge in [-0.2, -0.15) is 0 Å². The fourth-order valence-corrected chi connectivity index (χ4v) is 2.79. The molecule has 98 valence electrons. The van der Waals surface area contributed by atoms with E-state index in [9.17, 15) is 0 Å². The lowest BCUT2D eigenvalue weighted by atomic mass is 10.0. The van der Waals surface area contributed by atoms with Gasteiger partial charge in [0.15, 0.2) is 0 Å². The van der Waals surface area contributed by atoms with E-state index < -0.39 is 0 Å². The normalized spacial score (nSPS) is 11.3. The first-order valence-corrected chi connectivity index (χ1v) is 7.52. The van der Waals surface area contributed by atoms with Crippen LogP contribution in [0.5, 0.6) is 0 Å². The molecule has 3 aromatic carbocycles. The van der Waals surface area contributed by atoms with Gasteiger partial charge in [-0.3, -0.25) is 0 Å². The average molecular weight is 344 g/mol. The highest BCUT2D eigenvalue weighted by atomic mass is 79.9. The van der Waals surface area contributed by atoms with Crippen LogP contribution in [0.3, 0.4) is 0 Å². The fourth-order valence-electron chi connectivity index (χ4n) is 2.19. The molecule has 20 heavy (non-hydrogen) atoms. The summed E-state index contributed by atoms with van der Waals surface area (Å²) in [7, 11) is 0. The molecule has 0 saturated heterocycles. The van der Waals surface area contributed by atoms with Gasteiger partial charge in [-0.1, -0.05) is 82.1 Å². The van der Waals surface area contributed by atoms with Crippen LogP contribution in [0.4, 0.5) is 0 Å². The first kappa shape index (κ1) is 13.4. The Labute approximate surface area is 131 Å². The minimum atomic E-state index is 0.760. The maximum absolute atomic E-state index is 5.90. The summed E-state index contributed by atoms with van der Waals surface area (Å²) in [5.41, 5.74) is 2.35. The summed E-state index contributed by atoms with van der Waals surface area (Å²) in [4.78, 5) is 0. The van der Waals surface area contributed by atoms with Crippen LogP contribution in [0.15, 0.2) is 65.1 Å². The summed E-state index contributed by atoms with van der Waals surface area (Å²) in [5, 5.41) is 3.23. The van der Waals surface area contributed by atoms with Crippen LogP contribution in [0.2, 0.25) is 5.02 Å². The third-order valence-corrected chi connectivity index (χ3v) is 4.17. The van der Waals surface area contributed by atoms with Crippen molar-refractivity contribution in [3.8, 4) is 0 Å². The van der Waals surface area contributed by atoms with E-state index in [2.05, 4.69) is 64.5 Å². The van der Waals surface area contributed by atoms with Crippen molar-refractivity contribution in [3.63, 3.8) is 0 Å². The van der Waals surface area contributed by atoms with E-state index in [1.54, 1.807) is 0 Å². The Balaban J connectivity index is 2.03.